The van der Waals surface area contributed by atoms with Gasteiger partial charge >= 0.3 is 11.9 Å². The van der Waals surface area contributed by atoms with E-state index in [1.165, 1.54) is 0 Å². The predicted molar refractivity (Wildman–Crippen MR) is 204 cm³/mol. The van der Waals surface area contributed by atoms with Gasteiger partial charge in [-0.25, -0.2) is 0 Å². The summed E-state index contributed by atoms with van der Waals surface area (Å²) in [6.45, 7) is 24.0. The molecule has 2 saturated heterocycles. The smallest absolute Gasteiger partial charge is 0.315 e. The molecule has 51 heavy (non-hydrogen) atoms. The first-order valence-corrected chi connectivity index (χ1v) is 18.9. The van der Waals surface area contributed by atoms with Crippen molar-refractivity contribution in [3.8, 4) is 0 Å². The van der Waals surface area contributed by atoms with Crippen LogP contribution in [0.25, 0.3) is 0 Å². The van der Waals surface area contributed by atoms with Crippen LogP contribution in [0.3, 0.4) is 0 Å². The number of esters is 2. The largest absolute Gasteiger partial charge is 0.459 e. The van der Waals surface area contributed by atoms with Crippen LogP contribution in [-0.4, -0.2) is 63.2 Å². The van der Waals surface area contributed by atoms with Crippen molar-refractivity contribution in [3.05, 3.63) is 96.1 Å². The minimum atomic E-state index is -0.877. The van der Waals surface area contributed by atoms with Crippen molar-refractivity contribution in [1.82, 2.24) is 9.80 Å². The Morgan fingerprint density at radius 2 is 1.31 bits per heavy atom. The summed E-state index contributed by atoms with van der Waals surface area (Å²) >= 11 is 3.40. The van der Waals surface area contributed by atoms with Crippen molar-refractivity contribution >= 4 is 39.7 Å². The highest BCUT2D eigenvalue weighted by molar-refractivity contribution is 9.09. The van der Waals surface area contributed by atoms with Crippen LogP contribution in [0.5, 0.6) is 0 Å². The summed E-state index contributed by atoms with van der Waals surface area (Å²) in [4.78, 5) is 55.6. The monoisotopic (exact) mass is 762 g/mol. The summed E-state index contributed by atoms with van der Waals surface area (Å²) in [5.74, 6) is -0.903. The van der Waals surface area contributed by atoms with Crippen molar-refractivity contribution < 1.29 is 28.7 Å². The number of nitrogens with zero attached hydrogens (tertiary/aromatic N) is 2. The first-order valence-electron chi connectivity index (χ1n) is 17.8. The number of rotatable bonds is 9. The number of benzene rings is 2. The second-order valence-corrected chi connectivity index (χ2v) is 17.1. The van der Waals surface area contributed by atoms with Crippen LogP contribution >= 0.6 is 15.9 Å². The first kappa shape index (κ1) is 40.1. The molecular weight excluding hydrogens is 708 g/mol. The summed E-state index contributed by atoms with van der Waals surface area (Å²) in [5, 5.41) is 0.597. The van der Waals surface area contributed by atoms with Gasteiger partial charge in [-0.2, -0.15) is 0 Å². The Kier molecular flexibility index (Phi) is 12.2. The van der Waals surface area contributed by atoms with Crippen LogP contribution in [-0.2, 0) is 28.7 Å². The molecule has 0 aromatic heterocycles. The molecule has 1 aliphatic carbocycles. The topological polar surface area (TPSA) is 93.2 Å². The second-order valence-electron chi connectivity index (χ2n) is 16.5. The fourth-order valence-corrected chi connectivity index (χ4v) is 7.66. The van der Waals surface area contributed by atoms with E-state index in [0.717, 1.165) is 22.3 Å². The molecule has 5 rings (SSSR count). The Balaban J connectivity index is 0.000000229. The molecule has 2 heterocycles. The number of likely N-dealkylation sites (tertiary alicyclic amines) is 2. The zero-order valence-corrected chi connectivity index (χ0v) is 33.2. The Bertz CT molecular complexity index is 1630. The lowest BCUT2D eigenvalue weighted by atomic mass is 9.80. The standard InChI is InChI=1S/C21H28BrNO3.C21H27NO3/c1-15(13-22)11-21(19(25)26-20(3,4)5)12-18(24)23(14-21)16(2)17-9-7-6-8-10-17;1-14-11-17-18(23)22(15(2)16-9-7-6-8-10-16)13-21(17,12-14)19(24)25-20(3,4)5/h6-10,16H,1,11-14H2,2-5H3;6-10,15,17H,1,11-13H2,2-5H3/t16-,21+;15-,17-,21-/m11/s1. The number of hydrogen-bond donors (Lipinski definition) is 0. The Morgan fingerprint density at radius 1 is 0.824 bits per heavy atom. The van der Waals surface area contributed by atoms with Gasteiger partial charge in [0.05, 0.1) is 23.4 Å². The number of ether oxygens (including phenoxy) is 2. The van der Waals surface area contributed by atoms with Crippen LogP contribution in [0.4, 0.5) is 0 Å². The van der Waals surface area contributed by atoms with Gasteiger partial charge in [0, 0.05) is 24.8 Å². The van der Waals surface area contributed by atoms with Crippen LogP contribution in [0.1, 0.15) is 104 Å². The van der Waals surface area contributed by atoms with E-state index in [2.05, 4.69) is 29.1 Å². The first-order chi connectivity index (χ1) is 23.7. The van der Waals surface area contributed by atoms with Crippen LogP contribution in [0.15, 0.2) is 85.0 Å². The van der Waals surface area contributed by atoms with E-state index in [0.29, 0.717) is 37.7 Å². The lowest BCUT2D eigenvalue weighted by Gasteiger charge is -2.32. The van der Waals surface area contributed by atoms with Crippen LogP contribution < -0.4 is 0 Å². The van der Waals surface area contributed by atoms with E-state index in [-0.39, 0.29) is 48.2 Å². The molecule has 2 aliphatic heterocycles. The van der Waals surface area contributed by atoms with Gasteiger partial charge in [-0.05, 0) is 85.8 Å². The number of halogens is 1. The number of carbonyl (C=O) groups excluding carboxylic acids is 4. The van der Waals surface area contributed by atoms with Crippen molar-refractivity contribution in [1.29, 1.82) is 0 Å². The van der Waals surface area contributed by atoms with Gasteiger partial charge in [0.25, 0.3) is 0 Å². The van der Waals surface area contributed by atoms with Gasteiger partial charge in [0.2, 0.25) is 11.8 Å². The molecule has 2 amide bonds. The van der Waals surface area contributed by atoms with E-state index in [1.807, 2.05) is 121 Å². The fourth-order valence-electron chi connectivity index (χ4n) is 7.46. The molecule has 0 N–H and O–H groups in total. The summed E-state index contributed by atoms with van der Waals surface area (Å²) in [7, 11) is 0. The quantitative estimate of drug-likeness (QED) is 0.145. The third kappa shape index (κ3) is 9.21. The minimum Gasteiger partial charge on any atom is -0.459 e. The minimum absolute atomic E-state index is 0.0189. The Hall–Kier alpha value is -3.72. The number of allylic oxidation sites excluding steroid dienone is 2. The van der Waals surface area contributed by atoms with Crippen molar-refractivity contribution in [2.75, 3.05) is 18.4 Å². The highest BCUT2D eigenvalue weighted by Gasteiger charge is 2.62. The average Bonchev–Trinajstić information content (AvgIpc) is 3.67. The third-order valence-electron chi connectivity index (χ3n) is 9.96. The van der Waals surface area contributed by atoms with Crippen LogP contribution in [0, 0.1) is 16.7 Å². The van der Waals surface area contributed by atoms with E-state index in [1.54, 1.807) is 4.90 Å². The third-order valence-corrected chi connectivity index (χ3v) is 10.7. The van der Waals surface area contributed by atoms with E-state index >= 15 is 0 Å². The van der Waals surface area contributed by atoms with Gasteiger partial charge in [0.15, 0.2) is 0 Å². The molecule has 3 fully saturated rings. The molecule has 276 valence electrons. The number of amides is 2. The summed E-state index contributed by atoms with van der Waals surface area (Å²) in [6.07, 6.45) is 1.72. The maximum absolute atomic E-state index is 13.1. The maximum Gasteiger partial charge on any atom is 0.315 e. The summed E-state index contributed by atoms with van der Waals surface area (Å²) in [5.41, 5.74) is 1.16. The van der Waals surface area contributed by atoms with E-state index < -0.39 is 22.0 Å². The lowest BCUT2D eigenvalue weighted by molar-refractivity contribution is -0.169. The zero-order valence-electron chi connectivity index (χ0n) is 31.6. The van der Waals surface area contributed by atoms with Crippen molar-refractivity contribution in [3.63, 3.8) is 0 Å². The van der Waals surface area contributed by atoms with Crippen LogP contribution in [0.2, 0.25) is 0 Å². The van der Waals surface area contributed by atoms with Gasteiger partial charge in [-0.1, -0.05) is 101 Å². The molecule has 0 bridgehead atoms. The van der Waals surface area contributed by atoms with E-state index in [9.17, 15) is 19.2 Å². The van der Waals surface area contributed by atoms with Gasteiger partial charge < -0.3 is 19.3 Å². The molecule has 1 saturated carbocycles. The number of hydrogen-bond acceptors (Lipinski definition) is 6. The van der Waals surface area contributed by atoms with Crippen molar-refractivity contribution in [2.45, 2.75) is 104 Å². The van der Waals surface area contributed by atoms with Crippen molar-refractivity contribution in [2.24, 2.45) is 16.7 Å². The molecule has 2 aromatic carbocycles. The number of alkyl halides is 1. The molecule has 5 atom stereocenters. The normalized spacial score (nSPS) is 24.4. The number of carbonyl (C=O) groups is 4. The zero-order chi connectivity index (χ0) is 37.9. The maximum atomic E-state index is 13.1. The molecule has 3 aliphatic rings. The molecule has 9 heteroatoms. The molecule has 8 nitrogen and oxygen atoms in total. The Morgan fingerprint density at radius 3 is 1.80 bits per heavy atom. The summed E-state index contributed by atoms with van der Waals surface area (Å²) < 4.78 is 11.4. The lowest BCUT2D eigenvalue weighted by Crippen LogP contribution is -2.41. The molecule has 0 radical (unpaired) electrons. The van der Waals surface area contributed by atoms with Gasteiger partial charge in [-0.3, -0.25) is 19.2 Å². The van der Waals surface area contributed by atoms with Gasteiger partial charge in [-0.15, -0.1) is 0 Å². The molecular formula is C42H55BrN2O6. The molecule has 0 unspecified atom stereocenters. The SMILES string of the molecule is C=C(CBr)C[C@]1(C(=O)OC(C)(C)C)CC(=O)N([C@H](C)c2ccccc2)C1.C=C1C[C@@H]2C(=O)N([C@H](C)c3ccccc3)C[C@]2(C(=O)OC(C)(C)C)C1. The van der Waals surface area contributed by atoms with E-state index in [4.69, 9.17) is 9.47 Å². The summed E-state index contributed by atoms with van der Waals surface area (Å²) in [6, 6.07) is 19.7. The number of fused-ring (bicyclic) bond motifs is 1. The predicted octanol–water partition coefficient (Wildman–Crippen LogP) is 8.53. The molecule has 2 aromatic rings. The highest BCUT2D eigenvalue weighted by Crippen LogP contribution is 2.54. The molecule has 0 spiro atoms. The fraction of sp³-hybridized carbons (Fsp3) is 0.524. The Labute approximate surface area is 312 Å². The average molecular weight is 764 g/mol. The second kappa shape index (κ2) is 15.5. The highest BCUT2D eigenvalue weighted by atomic mass is 79.9. The van der Waals surface area contributed by atoms with Gasteiger partial charge in [0.1, 0.15) is 16.6 Å².